The number of carbonyl (C=O) groups is 1. The molecule has 0 fully saturated rings. The highest BCUT2D eigenvalue weighted by molar-refractivity contribution is 7.90. The number of sulfonamides is 1. The zero-order chi connectivity index (χ0) is 23.8. The number of likely N-dealkylation sites (N-methyl/N-ethyl adjacent to an activating group) is 1. The van der Waals surface area contributed by atoms with Crippen LogP contribution in [0.2, 0.25) is 0 Å². The lowest BCUT2D eigenvalue weighted by Crippen LogP contribution is -2.49. The molecule has 0 bridgehead atoms. The number of halogens is 1. The van der Waals surface area contributed by atoms with E-state index in [4.69, 9.17) is 9.84 Å². The van der Waals surface area contributed by atoms with Crippen molar-refractivity contribution in [1.29, 1.82) is 0 Å². The monoisotopic (exact) mass is 462 g/mol. The Kier molecular flexibility index (Phi) is 10.8. The van der Waals surface area contributed by atoms with Crippen LogP contribution in [0, 0.1) is 5.82 Å². The van der Waals surface area contributed by atoms with E-state index in [1.807, 2.05) is 39.3 Å². The van der Waals surface area contributed by atoms with Gasteiger partial charge < -0.3 is 15.2 Å². The Balaban J connectivity index is 3.16. The van der Waals surface area contributed by atoms with Crippen molar-refractivity contribution in [2.24, 2.45) is 0 Å². The molecule has 1 rings (SSSR count). The molecule has 0 aliphatic rings. The van der Waals surface area contributed by atoms with Crippen molar-refractivity contribution in [2.45, 2.75) is 51.9 Å². The Morgan fingerprint density at radius 2 is 1.74 bits per heavy atom. The van der Waals surface area contributed by atoms with E-state index in [-0.39, 0.29) is 31.6 Å². The lowest BCUT2D eigenvalue weighted by molar-refractivity contribution is 0.0409. The molecule has 0 heterocycles. The number of carbonyl (C=O) groups excluding carboxylic acids is 1. The van der Waals surface area contributed by atoms with Crippen LogP contribution >= 0.6 is 0 Å². The zero-order valence-electron chi connectivity index (χ0n) is 19.0. The summed E-state index contributed by atoms with van der Waals surface area (Å²) in [5.41, 5.74) is 2.95. The van der Waals surface area contributed by atoms with Gasteiger partial charge in [-0.15, -0.1) is 0 Å². The number of rotatable bonds is 12. The summed E-state index contributed by atoms with van der Waals surface area (Å²) in [6.07, 6.45) is 0. The van der Waals surface area contributed by atoms with Crippen LogP contribution in [0.1, 0.15) is 57.6 Å². The van der Waals surface area contributed by atoms with Gasteiger partial charge in [0, 0.05) is 12.2 Å². The van der Waals surface area contributed by atoms with Crippen LogP contribution in [0.4, 0.5) is 14.9 Å². The average molecular weight is 463 g/mol. The van der Waals surface area contributed by atoms with Gasteiger partial charge in [-0.1, -0.05) is 34.6 Å². The number of benzene rings is 1. The predicted octanol–water partition coefficient (Wildman–Crippen LogP) is 2.32. The normalized spacial score (nSPS) is 13.1. The maximum Gasteiger partial charge on any atom is 0.332 e. The Morgan fingerprint density at radius 3 is 2.16 bits per heavy atom. The summed E-state index contributed by atoms with van der Waals surface area (Å²) in [5, 5.41) is 13.2. The van der Waals surface area contributed by atoms with E-state index in [0.717, 1.165) is 0 Å². The van der Waals surface area contributed by atoms with Crippen LogP contribution in [0.5, 0.6) is 0 Å². The molecule has 0 saturated heterocycles. The van der Waals surface area contributed by atoms with Crippen LogP contribution < -0.4 is 15.5 Å². The standard InChI is InChI=1S/C20H35FN4O5S/c1-7-25(22-6)12-18(30-9-8-26)31(28,29)24-20(27)23-19-16(13(2)3)10-15(21)11-17(19)14(4)5/h10-11,13-14,18,22,26H,7-9,12H2,1-6H3,(H2,23,24,27). The Hall–Kier alpha value is -1.79. The van der Waals surface area contributed by atoms with Gasteiger partial charge in [0.15, 0.2) is 5.44 Å². The van der Waals surface area contributed by atoms with E-state index >= 15 is 0 Å². The molecule has 0 radical (unpaired) electrons. The number of hydrogen-bond acceptors (Lipinski definition) is 7. The second kappa shape index (κ2) is 12.3. The largest absolute Gasteiger partial charge is 0.394 e. The van der Waals surface area contributed by atoms with Gasteiger partial charge in [-0.05, 0) is 42.1 Å². The van der Waals surface area contributed by atoms with Crippen LogP contribution in [0.25, 0.3) is 0 Å². The van der Waals surface area contributed by atoms with Crippen LogP contribution in [-0.4, -0.2) is 63.4 Å². The number of urea groups is 1. The third-order valence-electron chi connectivity index (χ3n) is 4.69. The fourth-order valence-electron chi connectivity index (χ4n) is 3.02. The SMILES string of the molecule is CCN(CC(OCCO)S(=O)(=O)NC(=O)Nc1c(C(C)C)cc(F)cc1C(C)C)NC. The summed E-state index contributed by atoms with van der Waals surface area (Å²) in [5.74, 6) is -0.626. The topological polar surface area (TPSA) is 120 Å². The minimum Gasteiger partial charge on any atom is -0.394 e. The molecule has 1 unspecified atom stereocenters. The van der Waals surface area contributed by atoms with Gasteiger partial charge in [-0.25, -0.2) is 27.3 Å². The lowest BCUT2D eigenvalue weighted by atomic mass is 9.92. The first kappa shape index (κ1) is 27.2. The third kappa shape index (κ3) is 8.00. The molecule has 1 aromatic rings. The van der Waals surface area contributed by atoms with E-state index in [2.05, 4.69) is 10.7 Å². The van der Waals surface area contributed by atoms with Crippen molar-refractivity contribution in [3.63, 3.8) is 0 Å². The van der Waals surface area contributed by atoms with E-state index in [9.17, 15) is 17.6 Å². The van der Waals surface area contributed by atoms with Crippen molar-refractivity contribution < 1.29 is 27.4 Å². The Labute approximate surface area is 184 Å². The first-order chi connectivity index (χ1) is 14.5. The number of aliphatic hydroxyl groups is 1. The molecule has 1 atom stereocenters. The molecule has 1 aromatic carbocycles. The zero-order valence-corrected chi connectivity index (χ0v) is 19.8. The highest BCUT2D eigenvalue weighted by Crippen LogP contribution is 2.33. The van der Waals surface area contributed by atoms with Gasteiger partial charge in [0.1, 0.15) is 5.82 Å². The first-order valence-electron chi connectivity index (χ1n) is 10.3. The second-order valence-corrected chi connectivity index (χ2v) is 9.48. The number of amides is 2. The number of nitrogens with zero attached hydrogens (tertiary/aromatic N) is 1. The molecule has 9 nitrogen and oxygen atoms in total. The predicted molar refractivity (Wildman–Crippen MR) is 119 cm³/mol. The van der Waals surface area contributed by atoms with E-state index in [1.165, 1.54) is 12.1 Å². The first-order valence-corrected chi connectivity index (χ1v) is 11.8. The molecular weight excluding hydrogens is 427 g/mol. The molecule has 2 amide bonds. The summed E-state index contributed by atoms with van der Waals surface area (Å²) in [7, 11) is -2.62. The smallest absolute Gasteiger partial charge is 0.332 e. The highest BCUT2D eigenvalue weighted by Gasteiger charge is 2.30. The number of hydrogen-bond donors (Lipinski definition) is 4. The number of nitrogens with one attached hydrogen (secondary N) is 3. The maximum absolute atomic E-state index is 14.1. The molecule has 11 heteroatoms. The summed E-state index contributed by atoms with van der Waals surface area (Å²) >= 11 is 0. The molecule has 0 spiro atoms. The van der Waals surface area contributed by atoms with Gasteiger partial charge in [0.25, 0.3) is 10.0 Å². The quantitative estimate of drug-likeness (QED) is 0.352. The molecule has 178 valence electrons. The minimum absolute atomic E-state index is 0.0688. The van der Waals surface area contributed by atoms with Crippen molar-refractivity contribution in [3.05, 3.63) is 29.1 Å². The van der Waals surface area contributed by atoms with Gasteiger partial charge in [0.05, 0.1) is 19.8 Å². The number of ether oxygens (including phenoxy) is 1. The summed E-state index contributed by atoms with van der Waals surface area (Å²) < 4.78 is 46.9. The maximum atomic E-state index is 14.1. The molecule has 0 aromatic heterocycles. The van der Waals surface area contributed by atoms with E-state index < -0.39 is 27.3 Å². The Bertz CT molecular complexity index is 800. The van der Waals surface area contributed by atoms with Gasteiger partial charge in [-0.2, -0.15) is 0 Å². The van der Waals surface area contributed by atoms with Gasteiger partial charge >= 0.3 is 6.03 Å². The molecule has 0 aliphatic heterocycles. The number of anilines is 1. The van der Waals surface area contributed by atoms with Gasteiger partial charge in [-0.3, -0.25) is 5.43 Å². The van der Waals surface area contributed by atoms with E-state index in [1.54, 1.807) is 12.1 Å². The minimum atomic E-state index is -4.25. The second-order valence-electron chi connectivity index (χ2n) is 7.66. The van der Waals surface area contributed by atoms with Gasteiger partial charge in [0.2, 0.25) is 0 Å². The van der Waals surface area contributed by atoms with Crippen molar-refractivity contribution in [2.75, 3.05) is 38.7 Å². The van der Waals surface area contributed by atoms with Crippen LogP contribution in [0.15, 0.2) is 12.1 Å². The van der Waals surface area contributed by atoms with Crippen molar-refractivity contribution in [3.8, 4) is 0 Å². The summed E-state index contributed by atoms with van der Waals surface area (Å²) in [6.45, 7) is 9.09. The number of aliphatic hydroxyl groups excluding tert-OH is 1. The summed E-state index contributed by atoms with van der Waals surface area (Å²) in [4.78, 5) is 12.6. The Morgan fingerprint density at radius 1 is 1.19 bits per heavy atom. The fourth-order valence-corrected chi connectivity index (χ4v) is 4.11. The fraction of sp³-hybridized carbons (Fsp3) is 0.650. The van der Waals surface area contributed by atoms with Crippen molar-refractivity contribution in [1.82, 2.24) is 15.2 Å². The third-order valence-corrected chi connectivity index (χ3v) is 6.14. The lowest BCUT2D eigenvalue weighted by Gasteiger charge is -2.26. The van der Waals surface area contributed by atoms with E-state index in [0.29, 0.717) is 23.4 Å². The molecule has 0 saturated carbocycles. The van der Waals surface area contributed by atoms with Crippen molar-refractivity contribution >= 4 is 21.7 Å². The number of hydrazine groups is 1. The summed E-state index contributed by atoms with van der Waals surface area (Å²) in [6, 6.07) is 1.69. The molecular formula is C20H35FN4O5S. The van der Waals surface area contributed by atoms with Crippen LogP contribution in [-0.2, 0) is 14.8 Å². The van der Waals surface area contributed by atoms with Crippen LogP contribution in [0.3, 0.4) is 0 Å². The molecule has 4 N–H and O–H groups in total. The highest BCUT2D eigenvalue weighted by atomic mass is 32.2. The average Bonchev–Trinajstić information content (AvgIpc) is 2.68. The molecule has 31 heavy (non-hydrogen) atoms. The molecule has 0 aliphatic carbocycles.